The molecule has 0 heterocycles. The number of carbonyl (C=O) groups is 1. The highest BCUT2D eigenvalue weighted by Crippen LogP contribution is 2.33. The number of hydrogen-bond acceptors (Lipinski definition) is 4. The maximum atomic E-state index is 11.7. The molecule has 98 valence electrons. The summed E-state index contributed by atoms with van der Waals surface area (Å²) < 4.78 is 22.7. The van der Waals surface area contributed by atoms with Crippen LogP contribution in [-0.2, 0) is 14.8 Å². The molecule has 1 aliphatic carbocycles. The fourth-order valence-electron chi connectivity index (χ4n) is 1.60. The molecule has 1 aliphatic rings. The summed E-state index contributed by atoms with van der Waals surface area (Å²) in [6, 6.07) is 4.55. The molecule has 1 amide bonds. The van der Waals surface area contributed by atoms with E-state index < -0.39 is 15.6 Å². The number of nitrogens with two attached hydrogens (primary N) is 2. The minimum absolute atomic E-state index is 0.00201. The normalized spacial score (nSPS) is 17.3. The van der Waals surface area contributed by atoms with Crippen molar-refractivity contribution in [3.63, 3.8) is 0 Å². The molecule has 1 saturated carbocycles. The van der Waals surface area contributed by atoms with E-state index >= 15 is 0 Å². The molecule has 2 rings (SSSR count). The molecule has 7 heteroatoms. The van der Waals surface area contributed by atoms with Gasteiger partial charge in [0.1, 0.15) is 0 Å². The summed E-state index contributed by atoms with van der Waals surface area (Å²) in [6.07, 6.45) is 1.29. The first-order valence-corrected chi connectivity index (χ1v) is 7.01. The van der Waals surface area contributed by atoms with E-state index in [4.69, 9.17) is 10.9 Å². The number of aryl methyl sites for hydroxylation is 1. The van der Waals surface area contributed by atoms with Crippen molar-refractivity contribution in [2.75, 3.05) is 5.32 Å². The minimum Gasteiger partial charge on any atom is -0.324 e. The lowest BCUT2D eigenvalue weighted by Gasteiger charge is -2.11. The summed E-state index contributed by atoms with van der Waals surface area (Å²) in [7, 11) is -3.79. The Labute approximate surface area is 105 Å². The van der Waals surface area contributed by atoms with Gasteiger partial charge in [-0.2, -0.15) is 0 Å². The molecule has 1 fully saturated rings. The van der Waals surface area contributed by atoms with Crippen molar-refractivity contribution >= 4 is 21.6 Å². The quantitative estimate of drug-likeness (QED) is 0.720. The zero-order chi connectivity index (χ0) is 13.6. The predicted octanol–water partition coefficient (Wildman–Crippen LogP) is 0.0722. The monoisotopic (exact) mass is 269 g/mol. The van der Waals surface area contributed by atoms with Gasteiger partial charge in [-0.1, -0.05) is 6.07 Å². The van der Waals surface area contributed by atoms with Crippen molar-refractivity contribution in [2.24, 2.45) is 10.9 Å². The number of sulfonamides is 1. The lowest BCUT2D eigenvalue weighted by Crippen LogP contribution is -2.37. The second kappa shape index (κ2) is 4.04. The highest BCUT2D eigenvalue weighted by Gasteiger charge is 2.45. The van der Waals surface area contributed by atoms with E-state index in [1.807, 2.05) is 0 Å². The molecule has 0 spiro atoms. The molecule has 0 aliphatic heterocycles. The largest absolute Gasteiger partial charge is 0.324 e. The maximum Gasteiger partial charge on any atom is 0.244 e. The fourth-order valence-corrected chi connectivity index (χ4v) is 2.41. The van der Waals surface area contributed by atoms with E-state index in [0.29, 0.717) is 24.1 Å². The van der Waals surface area contributed by atoms with E-state index in [1.165, 1.54) is 6.07 Å². The van der Waals surface area contributed by atoms with Crippen molar-refractivity contribution in [3.8, 4) is 0 Å². The Morgan fingerprint density at radius 3 is 2.50 bits per heavy atom. The number of anilines is 1. The van der Waals surface area contributed by atoms with E-state index in [2.05, 4.69) is 5.32 Å². The lowest BCUT2D eigenvalue weighted by molar-refractivity contribution is -0.118. The average molecular weight is 269 g/mol. The number of rotatable bonds is 3. The summed E-state index contributed by atoms with van der Waals surface area (Å²) >= 11 is 0. The number of amides is 1. The predicted molar refractivity (Wildman–Crippen MR) is 67.3 cm³/mol. The third-order valence-corrected chi connectivity index (χ3v) is 4.05. The molecule has 0 atom stereocenters. The molecule has 0 radical (unpaired) electrons. The van der Waals surface area contributed by atoms with Gasteiger partial charge in [0, 0.05) is 5.69 Å². The van der Waals surface area contributed by atoms with Crippen LogP contribution in [0, 0.1) is 6.92 Å². The van der Waals surface area contributed by atoms with Gasteiger partial charge in [0.15, 0.2) is 0 Å². The molecular weight excluding hydrogens is 254 g/mol. The van der Waals surface area contributed by atoms with Crippen LogP contribution < -0.4 is 16.2 Å². The van der Waals surface area contributed by atoms with Crippen molar-refractivity contribution in [2.45, 2.75) is 30.2 Å². The van der Waals surface area contributed by atoms with Gasteiger partial charge in [0.2, 0.25) is 15.9 Å². The van der Waals surface area contributed by atoms with Crippen LogP contribution in [0.3, 0.4) is 0 Å². The van der Waals surface area contributed by atoms with E-state index in [9.17, 15) is 13.2 Å². The Morgan fingerprint density at radius 2 is 2.00 bits per heavy atom. The molecule has 0 unspecified atom stereocenters. The van der Waals surface area contributed by atoms with Crippen molar-refractivity contribution in [3.05, 3.63) is 23.8 Å². The van der Waals surface area contributed by atoms with Gasteiger partial charge in [-0.05, 0) is 37.5 Å². The molecule has 0 bridgehead atoms. The van der Waals surface area contributed by atoms with Gasteiger partial charge < -0.3 is 11.1 Å². The van der Waals surface area contributed by atoms with Gasteiger partial charge in [0.25, 0.3) is 0 Å². The summed E-state index contributed by atoms with van der Waals surface area (Å²) in [5, 5.41) is 7.69. The third kappa shape index (κ3) is 2.53. The van der Waals surface area contributed by atoms with E-state index in [-0.39, 0.29) is 10.8 Å². The zero-order valence-electron chi connectivity index (χ0n) is 9.93. The highest BCUT2D eigenvalue weighted by molar-refractivity contribution is 7.89. The van der Waals surface area contributed by atoms with Crippen LogP contribution in [-0.4, -0.2) is 19.9 Å². The van der Waals surface area contributed by atoms with Gasteiger partial charge in [-0.3, -0.25) is 4.79 Å². The standard InChI is InChI=1S/C11H15N3O3S/c1-7-2-3-8(6-9(7)18(13,16)17)14-10(15)11(12)4-5-11/h2-3,6H,4-5,12H2,1H3,(H,14,15)(H2,13,16,17). The number of primary sulfonamides is 1. The Morgan fingerprint density at radius 1 is 1.39 bits per heavy atom. The Balaban J connectivity index is 2.28. The van der Waals surface area contributed by atoms with Crippen LogP contribution in [0.2, 0.25) is 0 Å². The lowest BCUT2D eigenvalue weighted by atomic mass is 10.2. The zero-order valence-corrected chi connectivity index (χ0v) is 10.8. The molecule has 18 heavy (non-hydrogen) atoms. The Bertz CT molecular complexity index is 606. The molecule has 0 saturated heterocycles. The first kappa shape index (κ1) is 13.0. The van der Waals surface area contributed by atoms with E-state index in [0.717, 1.165) is 0 Å². The summed E-state index contributed by atoms with van der Waals surface area (Å²) in [5.74, 6) is -0.299. The van der Waals surface area contributed by atoms with Crippen LogP contribution in [0.5, 0.6) is 0 Å². The summed E-state index contributed by atoms with van der Waals surface area (Å²) in [5.41, 5.74) is 5.85. The number of nitrogens with one attached hydrogen (secondary N) is 1. The molecule has 6 nitrogen and oxygen atoms in total. The van der Waals surface area contributed by atoms with Gasteiger partial charge in [0.05, 0.1) is 10.4 Å². The topological polar surface area (TPSA) is 115 Å². The smallest absolute Gasteiger partial charge is 0.244 e. The maximum absolute atomic E-state index is 11.7. The second-order valence-electron chi connectivity index (χ2n) is 4.64. The SMILES string of the molecule is Cc1ccc(NC(=O)C2(N)CC2)cc1S(N)(=O)=O. The molecule has 0 aromatic heterocycles. The Hall–Kier alpha value is -1.44. The number of carbonyl (C=O) groups excluding carboxylic acids is 1. The van der Waals surface area contributed by atoms with Crippen LogP contribution >= 0.6 is 0 Å². The van der Waals surface area contributed by atoms with E-state index in [1.54, 1.807) is 19.1 Å². The summed E-state index contributed by atoms with van der Waals surface area (Å²) in [4.78, 5) is 11.7. The van der Waals surface area contributed by atoms with Gasteiger partial charge in [-0.25, -0.2) is 13.6 Å². The Kier molecular flexibility index (Phi) is 2.92. The molecule has 1 aromatic rings. The van der Waals surface area contributed by atoms with Crippen molar-refractivity contribution < 1.29 is 13.2 Å². The molecular formula is C11H15N3O3S. The number of hydrogen-bond donors (Lipinski definition) is 3. The summed E-state index contributed by atoms with van der Waals surface area (Å²) in [6.45, 7) is 1.64. The van der Waals surface area contributed by atoms with Crippen molar-refractivity contribution in [1.82, 2.24) is 0 Å². The van der Waals surface area contributed by atoms with Gasteiger partial charge >= 0.3 is 0 Å². The second-order valence-corrected chi connectivity index (χ2v) is 6.17. The van der Waals surface area contributed by atoms with Gasteiger partial charge in [-0.15, -0.1) is 0 Å². The van der Waals surface area contributed by atoms with Crippen LogP contribution in [0.25, 0.3) is 0 Å². The first-order chi connectivity index (χ1) is 8.22. The van der Waals surface area contributed by atoms with Crippen LogP contribution in [0.1, 0.15) is 18.4 Å². The molecule has 1 aromatic carbocycles. The fraction of sp³-hybridized carbons (Fsp3) is 0.364. The molecule has 5 N–H and O–H groups in total. The third-order valence-electron chi connectivity index (χ3n) is 2.99. The van der Waals surface area contributed by atoms with Crippen LogP contribution in [0.4, 0.5) is 5.69 Å². The average Bonchev–Trinajstić information content (AvgIpc) is 2.99. The minimum atomic E-state index is -3.79. The van der Waals surface area contributed by atoms with Crippen LogP contribution in [0.15, 0.2) is 23.1 Å². The number of benzene rings is 1. The highest BCUT2D eigenvalue weighted by atomic mass is 32.2. The first-order valence-electron chi connectivity index (χ1n) is 5.46. The van der Waals surface area contributed by atoms with Crippen molar-refractivity contribution in [1.29, 1.82) is 0 Å².